The summed E-state index contributed by atoms with van der Waals surface area (Å²) in [4.78, 5) is 13.3. The fraction of sp³-hybridized carbons (Fsp3) is 0.629. The van der Waals surface area contributed by atoms with Gasteiger partial charge in [-0.2, -0.15) is 0 Å². The summed E-state index contributed by atoms with van der Waals surface area (Å²) in [7, 11) is 0. The first-order chi connectivity index (χ1) is 18.5. The standard InChI is InChI=1S/C35H53NO4/c1-12-14-17-36-23-25(13-2)18-29(36)31-19-26-15-16-27(20-30(26)39-31)38-24(3)21-35(10,11)40-32(37)28(34(7,8)9)22-33(4,5)6/h15-16,18-20,23-24,28H,12-14,17,21-22H2,1-11H3. The van der Waals surface area contributed by atoms with Gasteiger partial charge in [0, 0.05) is 30.6 Å². The van der Waals surface area contributed by atoms with Crippen molar-refractivity contribution < 1.29 is 18.7 Å². The number of unbranched alkanes of at least 4 members (excludes halogenated alkanes) is 1. The second-order valence-corrected chi connectivity index (χ2v) is 14.4. The van der Waals surface area contributed by atoms with E-state index in [1.54, 1.807) is 0 Å². The minimum absolute atomic E-state index is 0.0404. The highest BCUT2D eigenvalue weighted by Gasteiger charge is 2.38. The maximum absolute atomic E-state index is 13.3. The fourth-order valence-electron chi connectivity index (χ4n) is 5.40. The van der Waals surface area contributed by atoms with Crippen molar-refractivity contribution in [1.29, 1.82) is 0 Å². The number of aryl methyl sites for hydroxylation is 2. The molecule has 2 atom stereocenters. The molecule has 5 heteroatoms. The topological polar surface area (TPSA) is 53.6 Å². The lowest BCUT2D eigenvalue weighted by Crippen LogP contribution is -2.40. The Labute approximate surface area is 242 Å². The highest BCUT2D eigenvalue weighted by atomic mass is 16.6. The smallest absolute Gasteiger partial charge is 0.310 e. The minimum atomic E-state index is -0.652. The first-order valence-electron chi connectivity index (χ1n) is 15.1. The Morgan fingerprint density at radius 3 is 2.27 bits per heavy atom. The van der Waals surface area contributed by atoms with E-state index in [9.17, 15) is 4.79 Å². The zero-order valence-electron chi connectivity index (χ0n) is 26.9. The van der Waals surface area contributed by atoms with E-state index >= 15 is 0 Å². The van der Waals surface area contributed by atoms with E-state index in [2.05, 4.69) is 84.4 Å². The predicted octanol–water partition coefficient (Wildman–Crippen LogP) is 9.84. The van der Waals surface area contributed by atoms with Crippen molar-refractivity contribution in [2.45, 2.75) is 127 Å². The highest BCUT2D eigenvalue weighted by molar-refractivity contribution is 5.83. The van der Waals surface area contributed by atoms with Gasteiger partial charge in [-0.25, -0.2) is 0 Å². The molecule has 0 aliphatic rings. The van der Waals surface area contributed by atoms with E-state index in [-0.39, 0.29) is 28.8 Å². The van der Waals surface area contributed by atoms with E-state index in [1.807, 2.05) is 32.9 Å². The molecule has 222 valence electrons. The van der Waals surface area contributed by atoms with Crippen molar-refractivity contribution in [2.75, 3.05) is 0 Å². The summed E-state index contributed by atoms with van der Waals surface area (Å²) in [6, 6.07) is 10.4. The third kappa shape index (κ3) is 8.65. The zero-order valence-corrected chi connectivity index (χ0v) is 26.9. The van der Waals surface area contributed by atoms with Crippen LogP contribution in [-0.2, 0) is 22.5 Å². The van der Waals surface area contributed by atoms with Gasteiger partial charge in [0.2, 0.25) is 0 Å². The second-order valence-electron chi connectivity index (χ2n) is 14.4. The van der Waals surface area contributed by atoms with Crippen molar-refractivity contribution in [3.63, 3.8) is 0 Å². The van der Waals surface area contributed by atoms with E-state index < -0.39 is 5.60 Å². The van der Waals surface area contributed by atoms with Crippen LogP contribution in [0.2, 0.25) is 0 Å². The van der Waals surface area contributed by atoms with Crippen molar-refractivity contribution in [3.05, 3.63) is 42.1 Å². The molecule has 0 bridgehead atoms. The maximum Gasteiger partial charge on any atom is 0.310 e. The van der Waals surface area contributed by atoms with Crippen molar-refractivity contribution in [1.82, 2.24) is 4.57 Å². The number of hydrogen-bond donors (Lipinski definition) is 0. The SMILES string of the molecule is CCCCn1cc(CC)cc1-c1cc2ccc(OC(C)CC(C)(C)OC(=O)C(CC(C)(C)C)C(C)(C)C)cc2o1. The molecular weight excluding hydrogens is 498 g/mol. The van der Waals surface area contributed by atoms with Crippen molar-refractivity contribution in [3.8, 4) is 17.2 Å². The van der Waals surface area contributed by atoms with Crippen LogP contribution in [0.3, 0.4) is 0 Å². The molecule has 0 spiro atoms. The van der Waals surface area contributed by atoms with Crippen molar-refractivity contribution in [2.24, 2.45) is 16.7 Å². The van der Waals surface area contributed by atoms with Gasteiger partial charge in [0.1, 0.15) is 16.9 Å². The second kappa shape index (κ2) is 12.4. The lowest BCUT2D eigenvalue weighted by Gasteiger charge is -2.37. The zero-order chi connectivity index (χ0) is 29.9. The Kier molecular flexibility index (Phi) is 9.91. The first-order valence-corrected chi connectivity index (χ1v) is 15.1. The van der Waals surface area contributed by atoms with Gasteiger partial charge in [-0.15, -0.1) is 0 Å². The molecule has 0 radical (unpaired) electrons. The van der Waals surface area contributed by atoms with Gasteiger partial charge in [0.05, 0.1) is 17.7 Å². The summed E-state index contributed by atoms with van der Waals surface area (Å²) in [6.07, 6.45) is 6.76. The number of benzene rings is 1. The Bertz CT molecular complexity index is 1260. The summed E-state index contributed by atoms with van der Waals surface area (Å²) in [5.74, 6) is 1.33. The largest absolute Gasteiger partial charge is 0.490 e. The Hall–Kier alpha value is -2.69. The Morgan fingerprint density at radius 1 is 0.975 bits per heavy atom. The number of ether oxygens (including phenoxy) is 2. The van der Waals surface area contributed by atoms with Crippen LogP contribution in [0.25, 0.3) is 22.4 Å². The molecule has 2 heterocycles. The molecule has 1 aromatic carbocycles. The van der Waals surface area contributed by atoms with Crippen molar-refractivity contribution >= 4 is 16.9 Å². The van der Waals surface area contributed by atoms with E-state index in [0.717, 1.165) is 60.4 Å². The van der Waals surface area contributed by atoms with Crippen LogP contribution in [0.1, 0.15) is 107 Å². The number of hydrogen-bond acceptors (Lipinski definition) is 4. The number of carbonyl (C=O) groups is 1. The number of carbonyl (C=O) groups excluding carboxylic acids is 1. The fourth-order valence-corrected chi connectivity index (χ4v) is 5.40. The molecule has 3 aromatic rings. The molecule has 0 saturated carbocycles. The summed E-state index contributed by atoms with van der Waals surface area (Å²) >= 11 is 0. The summed E-state index contributed by atoms with van der Waals surface area (Å²) < 4.78 is 21.1. The molecule has 0 fully saturated rings. The molecule has 0 amide bonds. The van der Waals surface area contributed by atoms with Crippen LogP contribution in [0.5, 0.6) is 5.75 Å². The summed E-state index contributed by atoms with van der Waals surface area (Å²) in [5, 5.41) is 1.05. The van der Waals surface area contributed by atoms with Crippen LogP contribution >= 0.6 is 0 Å². The molecule has 40 heavy (non-hydrogen) atoms. The average molecular weight is 552 g/mol. The number of nitrogens with zero attached hydrogens (tertiary/aromatic N) is 1. The van der Waals surface area contributed by atoms with Gasteiger partial charge in [0.25, 0.3) is 0 Å². The molecule has 2 aromatic heterocycles. The normalized spacial score (nSPS) is 14.4. The van der Waals surface area contributed by atoms with Gasteiger partial charge in [-0.05, 0) is 80.7 Å². The van der Waals surface area contributed by atoms with Crippen LogP contribution in [0.15, 0.2) is 40.9 Å². The molecule has 0 saturated heterocycles. The van der Waals surface area contributed by atoms with Gasteiger partial charge in [-0.3, -0.25) is 4.79 Å². The number of fused-ring (bicyclic) bond motifs is 1. The van der Waals surface area contributed by atoms with Gasteiger partial charge >= 0.3 is 5.97 Å². The number of esters is 1. The first kappa shape index (κ1) is 31.8. The van der Waals surface area contributed by atoms with Gasteiger partial charge in [0.15, 0.2) is 5.76 Å². The van der Waals surface area contributed by atoms with Crippen LogP contribution in [0.4, 0.5) is 0 Å². The molecule has 0 aliphatic heterocycles. The quantitative estimate of drug-likeness (QED) is 0.210. The van der Waals surface area contributed by atoms with E-state index in [0.29, 0.717) is 6.42 Å². The van der Waals surface area contributed by atoms with Gasteiger partial charge < -0.3 is 18.5 Å². The third-order valence-electron chi connectivity index (χ3n) is 7.50. The average Bonchev–Trinajstić information content (AvgIpc) is 3.42. The molecule has 0 N–H and O–H groups in total. The Balaban J connectivity index is 1.71. The highest BCUT2D eigenvalue weighted by Crippen LogP contribution is 2.38. The van der Waals surface area contributed by atoms with Gasteiger partial charge in [-0.1, -0.05) is 61.8 Å². The summed E-state index contributed by atoms with van der Waals surface area (Å²) in [5.41, 5.74) is 2.47. The third-order valence-corrected chi connectivity index (χ3v) is 7.50. The minimum Gasteiger partial charge on any atom is -0.490 e. The van der Waals surface area contributed by atoms with E-state index in [4.69, 9.17) is 13.9 Å². The lowest BCUT2D eigenvalue weighted by atomic mass is 9.72. The molecular formula is C35H53NO4. The van der Waals surface area contributed by atoms with Crippen LogP contribution in [0, 0.1) is 16.7 Å². The molecule has 0 aliphatic carbocycles. The molecule has 3 rings (SSSR count). The van der Waals surface area contributed by atoms with E-state index in [1.165, 1.54) is 5.56 Å². The molecule has 2 unspecified atom stereocenters. The predicted molar refractivity (Wildman–Crippen MR) is 166 cm³/mol. The number of aromatic nitrogens is 1. The van der Waals surface area contributed by atoms with Crippen LogP contribution < -0.4 is 4.74 Å². The summed E-state index contributed by atoms with van der Waals surface area (Å²) in [6.45, 7) is 24.2. The molecule has 5 nitrogen and oxygen atoms in total. The Morgan fingerprint density at radius 2 is 1.68 bits per heavy atom. The lowest BCUT2D eigenvalue weighted by molar-refractivity contribution is -0.169. The van der Waals surface area contributed by atoms with Crippen LogP contribution in [-0.4, -0.2) is 22.2 Å². The maximum atomic E-state index is 13.3. The monoisotopic (exact) mass is 551 g/mol. The number of furan rings is 1. The number of rotatable bonds is 12.